The van der Waals surface area contributed by atoms with Crippen LogP contribution in [0.3, 0.4) is 0 Å². The summed E-state index contributed by atoms with van der Waals surface area (Å²) in [7, 11) is 0. The molecular formula is C21H36F2. The van der Waals surface area contributed by atoms with Crippen LogP contribution in [0.15, 0.2) is 12.1 Å². The molecule has 2 aliphatic carbocycles. The molecule has 23 heavy (non-hydrogen) atoms. The van der Waals surface area contributed by atoms with E-state index in [0.717, 1.165) is 30.6 Å². The van der Waals surface area contributed by atoms with Gasteiger partial charge in [0.2, 0.25) is 0 Å². The first-order valence-corrected chi connectivity index (χ1v) is 9.00. The summed E-state index contributed by atoms with van der Waals surface area (Å²) >= 11 is 0. The largest absolute Gasteiger partial charge is 0.203 e. The van der Waals surface area contributed by atoms with Gasteiger partial charge in [-0.15, -0.1) is 0 Å². The van der Waals surface area contributed by atoms with Gasteiger partial charge in [-0.2, -0.15) is 0 Å². The number of hydrogen-bond donors (Lipinski definition) is 0. The van der Waals surface area contributed by atoms with Crippen molar-refractivity contribution in [1.29, 1.82) is 0 Å². The maximum Gasteiger partial charge on any atom is 0.162 e. The van der Waals surface area contributed by atoms with Crippen LogP contribution in [-0.4, -0.2) is 0 Å². The van der Waals surface area contributed by atoms with Gasteiger partial charge < -0.3 is 0 Å². The Morgan fingerprint density at radius 1 is 0.826 bits per heavy atom. The zero-order valence-corrected chi connectivity index (χ0v) is 13.9. The highest BCUT2D eigenvalue weighted by atomic mass is 19.2. The number of aryl methyl sites for hydroxylation is 1. The standard InChI is InChI=1S/C20H28F2.CH4.2H2/c1-13-3-6-15(7-4-13)16-8-10-17(11-9-16)18-12-5-14(2)19(21)20(18)22;;;/h5,12-13,15-17H,3-4,6-11H2,1-2H3;1H4;2*1H. The monoisotopic (exact) mass is 326 g/mol. The van der Waals surface area contributed by atoms with Gasteiger partial charge in [0.05, 0.1) is 0 Å². The predicted octanol–water partition coefficient (Wildman–Crippen LogP) is 7.50. The first-order valence-electron chi connectivity index (χ1n) is 9.00. The minimum atomic E-state index is -0.652. The molecule has 0 amide bonds. The number of benzene rings is 1. The van der Waals surface area contributed by atoms with Gasteiger partial charge in [-0.3, -0.25) is 0 Å². The smallest absolute Gasteiger partial charge is 0.162 e. The summed E-state index contributed by atoms with van der Waals surface area (Å²) in [4.78, 5) is 0. The maximum absolute atomic E-state index is 14.2. The molecule has 2 fully saturated rings. The van der Waals surface area contributed by atoms with Crippen LogP contribution in [0.4, 0.5) is 8.78 Å². The van der Waals surface area contributed by atoms with Crippen LogP contribution in [-0.2, 0) is 0 Å². The summed E-state index contributed by atoms with van der Waals surface area (Å²) in [6.07, 6.45) is 9.95. The van der Waals surface area contributed by atoms with E-state index in [9.17, 15) is 8.78 Å². The molecule has 2 heteroatoms. The van der Waals surface area contributed by atoms with Crippen molar-refractivity contribution < 1.29 is 11.6 Å². The molecule has 0 aliphatic heterocycles. The number of hydrogen-bond acceptors (Lipinski definition) is 0. The van der Waals surface area contributed by atoms with Gasteiger partial charge in [-0.1, -0.05) is 39.3 Å². The summed E-state index contributed by atoms with van der Waals surface area (Å²) in [6, 6.07) is 3.53. The van der Waals surface area contributed by atoms with Crippen molar-refractivity contribution in [3.05, 3.63) is 34.9 Å². The minimum Gasteiger partial charge on any atom is -0.203 e. The average molecular weight is 327 g/mol. The Morgan fingerprint density at radius 2 is 1.35 bits per heavy atom. The van der Waals surface area contributed by atoms with Crippen LogP contribution in [0.1, 0.15) is 85.6 Å². The zero-order valence-electron chi connectivity index (χ0n) is 13.9. The molecule has 0 atom stereocenters. The molecule has 2 aliphatic rings. The molecule has 2 saturated carbocycles. The fourth-order valence-electron chi connectivity index (χ4n) is 4.64. The molecule has 0 nitrogen and oxygen atoms in total. The molecule has 0 bridgehead atoms. The lowest BCUT2D eigenvalue weighted by atomic mass is 9.68. The molecular weight excluding hydrogens is 290 g/mol. The third kappa shape index (κ3) is 3.95. The highest BCUT2D eigenvalue weighted by Gasteiger charge is 2.31. The third-order valence-electron chi connectivity index (χ3n) is 6.24. The minimum absolute atomic E-state index is 0. The second-order valence-electron chi connectivity index (χ2n) is 7.73. The van der Waals surface area contributed by atoms with Gasteiger partial charge in [-0.25, -0.2) is 8.78 Å². The summed E-state index contributed by atoms with van der Waals surface area (Å²) < 4.78 is 27.9. The van der Waals surface area contributed by atoms with E-state index in [2.05, 4.69) is 6.92 Å². The van der Waals surface area contributed by atoms with Gasteiger partial charge in [0.1, 0.15) is 0 Å². The van der Waals surface area contributed by atoms with E-state index in [1.807, 2.05) is 0 Å². The van der Waals surface area contributed by atoms with Crippen molar-refractivity contribution in [1.82, 2.24) is 0 Å². The molecule has 0 radical (unpaired) electrons. The van der Waals surface area contributed by atoms with Crippen molar-refractivity contribution in [3.63, 3.8) is 0 Å². The second-order valence-corrected chi connectivity index (χ2v) is 7.73. The molecule has 134 valence electrons. The average Bonchev–Trinajstić information content (AvgIpc) is 2.54. The lowest BCUT2D eigenvalue weighted by Crippen LogP contribution is -2.25. The molecule has 3 rings (SSSR count). The van der Waals surface area contributed by atoms with Crippen LogP contribution in [0.2, 0.25) is 0 Å². The van der Waals surface area contributed by atoms with E-state index in [-0.39, 0.29) is 16.2 Å². The number of rotatable bonds is 2. The van der Waals surface area contributed by atoms with Gasteiger partial charge in [0, 0.05) is 2.85 Å². The van der Waals surface area contributed by atoms with Crippen molar-refractivity contribution in [2.45, 2.75) is 78.6 Å². The van der Waals surface area contributed by atoms with E-state index in [1.165, 1.54) is 38.5 Å². The summed E-state index contributed by atoms with van der Waals surface area (Å²) in [5.41, 5.74) is 1.02. The highest BCUT2D eigenvalue weighted by molar-refractivity contribution is 5.28. The number of halogens is 2. The Hall–Kier alpha value is -0.920. The molecule has 0 unspecified atom stereocenters. The summed E-state index contributed by atoms with van der Waals surface area (Å²) in [6.45, 7) is 3.99. The summed E-state index contributed by atoms with van der Waals surface area (Å²) in [5, 5.41) is 0. The van der Waals surface area contributed by atoms with Crippen molar-refractivity contribution >= 4 is 0 Å². The predicted molar refractivity (Wildman–Crippen MR) is 97.9 cm³/mol. The lowest BCUT2D eigenvalue weighted by molar-refractivity contribution is 0.164. The topological polar surface area (TPSA) is 0 Å². The van der Waals surface area contributed by atoms with Crippen molar-refractivity contribution in [3.8, 4) is 0 Å². The van der Waals surface area contributed by atoms with E-state index < -0.39 is 11.6 Å². The molecule has 0 heterocycles. The Labute approximate surface area is 143 Å². The van der Waals surface area contributed by atoms with Crippen LogP contribution in [0, 0.1) is 36.3 Å². The lowest BCUT2D eigenvalue weighted by Gasteiger charge is -2.37. The molecule has 0 aromatic heterocycles. The van der Waals surface area contributed by atoms with Crippen LogP contribution in [0.5, 0.6) is 0 Å². The van der Waals surface area contributed by atoms with Gasteiger partial charge in [-0.05, 0) is 80.2 Å². The maximum atomic E-state index is 14.2. The van der Waals surface area contributed by atoms with E-state index >= 15 is 0 Å². The fourth-order valence-corrected chi connectivity index (χ4v) is 4.64. The Bertz CT molecular complexity index is 517. The van der Waals surface area contributed by atoms with E-state index in [4.69, 9.17) is 0 Å². The van der Waals surface area contributed by atoms with Gasteiger partial charge in [0.25, 0.3) is 0 Å². The van der Waals surface area contributed by atoms with E-state index in [1.54, 1.807) is 19.1 Å². The second kappa shape index (κ2) is 7.77. The first-order chi connectivity index (χ1) is 10.6. The quantitative estimate of drug-likeness (QED) is 0.527. The zero-order chi connectivity index (χ0) is 15.7. The molecule has 1 aromatic rings. The van der Waals surface area contributed by atoms with Gasteiger partial charge in [0.15, 0.2) is 11.6 Å². The fraction of sp³-hybridized carbons (Fsp3) is 0.714. The molecule has 0 saturated heterocycles. The summed E-state index contributed by atoms with van der Waals surface area (Å²) in [5.74, 6) is 1.57. The Kier molecular flexibility index (Phi) is 6.22. The Balaban J connectivity index is 0.00000192. The van der Waals surface area contributed by atoms with Crippen molar-refractivity contribution in [2.24, 2.45) is 17.8 Å². The molecule has 0 N–H and O–H groups in total. The Morgan fingerprint density at radius 3 is 1.91 bits per heavy atom. The SMILES string of the molecule is C.Cc1ccc(C2CCC(C3CCC(C)CC3)CC2)c(F)c1F.[HH].[HH]. The normalized spacial score (nSPS) is 31.5. The van der Waals surface area contributed by atoms with Crippen LogP contribution < -0.4 is 0 Å². The third-order valence-corrected chi connectivity index (χ3v) is 6.24. The molecule has 1 aromatic carbocycles. The highest BCUT2D eigenvalue weighted by Crippen LogP contribution is 2.44. The first kappa shape index (κ1) is 18.4. The van der Waals surface area contributed by atoms with Crippen LogP contribution >= 0.6 is 0 Å². The van der Waals surface area contributed by atoms with Crippen molar-refractivity contribution in [2.75, 3.05) is 0 Å². The van der Waals surface area contributed by atoms with E-state index in [0.29, 0.717) is 11.1 Å². The molecule has 0 spiro atoms. The van der Waals surface area contributed by atoms with Gasteiger partial charge >= 0.3 is 0 Å². The van der Waals surface area contributed by atoms with Crippen LogP contribution in [0.25, 0.3) is 0 Å².